The molecule has 0 N–H and O–H groups in total. The van der Waals surface area contributed by atoms with Gasteiger partial charge in [-0.25, -0.2) is 0 Å². The Kier molecular flexibility index (Phi) is 4.22. The van der Waals surface area contributed by atoms with E-state index in [2.05, 4.69) is 26.8 Å². The Balaban J connectivity index is 1.85. The summed E-state index contributed by atoms with van der Waals surface area (Å²) in [5.41, 5.74) is 1.87. The van der Waals surface area contributed by atoms with Crippen LogP contribution >= 0.6 is 0 Å². The summed E-state index contributed by atoms with van der Waals surface area (Å²) in [5, 5.41) is 0. The van der Waals surface area contributed by atoms with Gasteiger partial charge in [-0.3, -0.25) is 0 Å². The van der Waals surface area contributed by atoms with Gasteiger partial charge in [0.25, 0.3) is 0 Å². The summed E-state index contributed by atoms with van der Waals surface area (Å²) in [6.07, 6.45) is 13.3. The van der Waals surface area contributed by atoms with Gasteiger partial charge in [0.15, 0.2) is 0 Å². The van der Waals surface area contributed by atoms with Gasteiger partial charge < -0.3 is 9.21 Å². The fraction of sp³-hybridized carbons (Fsp3) is 0.750. The predicted octanol–water partition coefficient (Wildman–Crippen LogP) is 5.27. The smallest absolute Gasteiger partial charge is 0.123 e. The molecular weight excluding hydrogens is 272 g/mol. The zero-order chi connectivity index (χ0) is 15.8. The van der Waals surface area contributed by atoms with E-state index in [-0.39, 0.29) is 11.3 Å². The summed E-state index contributed by atoms with van der Waals surface area (Å²) >= 11 is 0. The highest BCUT2D eigenvalue weighted by Crippen LogP contribution is 2.62. The normalized spacial score (nSPS) is 41.9. The third kappa shape index (κ3) is 2.45. The molecule has 2 aliphatic rings. The van der Waals surface area contributed by atoms with E-state index >= 15 is 0 Å². The molecule has 0 amide bonds. The highest BCUT2D eigenvalue weighted by Gasteiger charge is 2.55. The van der Waals surface area contributed by atoms with Gasteiger partial charge in [-0.05, 0) is 72.8 Å². The Morgan fingerprint density at radius 3 is 2.82 bits per heavy atom. The van der Waals surface area contributed by atoms with Gasteiger partial charge in [-0.1, -0.05) is 27.2 Å². The Morgan fingerprint density at radius 1 is 1.32 bits per heavy atom. The standard InChI is InChI=1S/C20H30O2/c1-15-7-10-20(3)17(13-21)5-4-6-18(20)19(15,2)11-8-16-9-12-22-14-16/h9,12-15,17-18H,4-8,10-11H2,1-3H3/t15-,17+,18-,19+,20+/m0/s1. The van der Waals surface area contributed by atoms with Gasteiger partial charge in [0.05, 0.1) is 12.5 Å². The van der Waals surface area contributed by atoms with Gasteiger partial charge in [-0.15, -0.1) is 0 Å². The number of aryl methyl sites for hydroxylation is 1. The molecule has 1 aromatic heterocycles. The Morgan fingerprint density at radius 2 is 2.14 bits per heavy atom. The molecule has 0 aromatic carbocycles. The highest BCUT2D eigenvalue weighted by molar-refractivity contribution is 5.55. The van der Waals surface area contributed by atoms with E-state index in [0.29, 0.717) is 11.3 Å². The van der Waals surface area contributed by atoms with Crippen LogP contribution in [0.4, 0.5) is 0 Å². The maximum Gasteiger partial charge on any atom is 0.123 e. The number of hydrogen-bond donors (Lipinski definition) is 0. The number of carbonyl (C=O) groups is 1. The molecule has 1 aromatic rings. The van der Waals surface area contributed by atoms with Crippen LogP contribution in [0.1, 0.15) is 64.9 Å². The lowest BCUT2D eigenvalue weighted by molar-refractivity contribution is -0.136. The number of aldehydes is 1. The minimum atomic E-state index is 0.220. The zero-order valence-corrected chi connectivity index (χ0v) is 14.3. The fourth-order valence-corrected chi connectivity index (χ4v) is 5.60. The summed E-state index contributed by atoms with van der Waals surface area (Å²) < 4.78 is 5.23. The highest BCUT2D eigenvalue weighted by atomic mass is 16.3. The molecule has 122 valence electrons. The molecule has 2 saturated carbocycles. The van der Waals surface area contributed by atoms with Crippen molar-refractivity contribution in [2.75, 3.05) is 0 Å². The van der Waals surface area contributed by atoms with Crippen LogP contribution in [0.15, 0.2) is 23.0 Å². The summed E-state index contributed by atoms with van der Waals surface area (Å²) in [6, 6.07) is 2.09. The molecule has 2 fully saturated rings. The summed E-state index contributed by atoms with van der Waals surface area (Å²) in [5.74, 6) is 1.69. The molecule has 2 heteroatoms. The van der Waals surface area contributed by atoms with Crippen LogP contribution in [-0.2, 0) is 11.2 Å². The summed E-state index contributed by atoms with van der Waals surface area (Å²) in [6.45, 7) is 7.32. The zero-order valence-electron chi connectivity index (χ0n) is 14.3. The molecule has 0 aliphatic heterocycles. The van der Waals surface area contributed by atoms with Crippen molar-refractivity contribution in [3.8, 4) is 0 Å². The third-order valence-electron chi connectivity index (χ3n) is 7.39. The van der Waals surface area contributed by atoms with Crippen molar-refractivity contribution in [1.29, 1.82) is 0 Å². The van der Waals surface area contributed by atoms with E-state index in [9.17, 15) is 4.79 Å². The van der Waals surface area contributed by atoms with Crippen LogP contribution in [-0.4, -0.2) is 6.29 Å². The SMILES string of the molecule is C[C@H]1CC[C@@]2(C)[C@@H](CCC[C@@H]2C=O)[C@]1(C)CCc1ccoc1. The molecule has 0 unspecified atom stereocenters. The van der Waals surface area contributed by atoms with Gasteiger partial charge in [0.1, 0.15) is 6.29 Å². The maximum atomic E-state index is 11.6. The first-order valence-electron chi connectivity index (χ1n) is 8.97. The number of carbonyl (C=O) groups excluding carboxylic acids is 1. The van der Waals surface area contributed by atoms with E-state index in [4.69, 9.17) is 4.42 Å². The Hall–Kier alpha value is -1.05. The van der Waals surface area contributed by atoms with Crippen LogP contribution in [0.5, 0.6) is 0 Å². The second kappa shape index (κ2) is 5.86. The van der Waals surface area contributed by atoms with E-state index in [1.54, 1.807) is 6.26 Å². The van der Waals surface area contributed by atoms with Crippen molar-refractivity contribution in [3.63, 3.8) is 0 Å². The van der Waals surface area contributed by atoms with Crippen LogP contribution in [0.2, 0.25) is 0 Å². The molecule has 0 radical (unpaired) electrons. The number of rotatable bonds is 4. The van der Waals surface area contributed by atoms with Gasteiger partial charge >= 0.3 is 0 Å². The molecule has 5 atom stereocenters. The molecule has 3 rings (SSSR count). The van der Waals surface area contributed by atoms with Crippen LogP contribution in [0, 0.1) is 28.6 Å². The van der Waals surface area contributed by atoms with Gasteiger partial charge in [0, 0.05) is 5.92 Å². The second-order valence-electron chi connectivity index (χ2n) is 8.31. The topological polar surface area (TPSA) is 30.2 Å². The molecular formula is C20H30O2. The van der Waals surface area contributed by atoms with E-state index in [1.807, 2.05) is 6.26 Å². The van der Waals surface area contributed by atoms with Crippen molar-refractivity contribution in [2.24, 2.45) is 28.6 Å². The van der Waals surface area contributed by atoms with Crippen molar-refractivity contribution < 1.29 is 9.21 Å². The summed E-state index contributed by atoms with van der Waals surface area (Å²) in [7, 11) is 0. The first-order chi connectivity index (χ1) is 10.5. The molecule has 0 spiro atoms. The van der Waals surface area contributed by atoms with Crippen LogP contribution < -0.4 is 0 Å². The van der Waals surface area contributed by atoms with E-state index in [0.717, 1.165) is 18.8 Å². The van der Waals surface area contributed by atoms with E-state index < -0.39 is 0 Å². The fourth-order valence-electron chi connectivity index (χ4n) is 5.60. The lowest BCUT2D eigenvalue weighted by Crippen LogP contribution is -2.53. The summed E-state index contributed by atoms with van der Waals surface area (Å²) in [4.78, 5) is 11.6. The van der Waals surface area contributed by atoms with Gasteiger partial charge in [0.2, 0.25) is 0 Å². The monoisotopic (exact) mass is 302 g/mol. The Labute approximate surface area is 134 Å². The van der Waals surface area contributed by atoms with Crippen molar-refractivity contribution in [1.82, 2.24) is 0 Å². The largest absolute Gasteiger partial charge is 0.472 e. The predicted molar refractivity (Wildman–Crippen MR) is 88.5 cm³/mol. The van der Waals surface area contributed by atoms with Crippen LogP contribution in [0.25, 0.3) is 0 Å². The average molecular weight is 302 g/mol. The minimum Gasteiger partial charge on any atom is -0.472 e. The molecule has 0 bridgehead atoms. The minimum absolute atomic E-state index is 0.220. The van der Waals surface area contributed by atoms with Crippen molar-refractivity contribution >= 4 is 6.29 Å². The van der Waals surface area contributed by atoms with Crippen molar-refractivity contribution in [3.05, 3.63) is 24.2 Å². The molecule has 0 saturated heterocycles. The lowest BCUT2D eigenvalue weighted by Gasteiger charge is -2.60. The van der Waals surface area contributed by atoms with E-state index in [1.165, 1.54) is 44.0 Å². The van der Waals surface area contributed by atoms with Crippen molar-refractivity contribution in [2.45, 2.75) is 65.7 Å². The van der Waals surface area contributed by atoms with Gasteiger partial charge in [-0.2, -0.15) is 0 Å². The number of furan rings is 1. The number of hydrogen-bond acceptors (Lipinski definition) is 2. The molecule has 22 heavy (non-hydrogen) atoms. The average Bonchev–Trinajstić information content (AvgIpc) is 3.03. The Bertz CT molecular complexity index is 506. The second-order valence-corrected chi connectivity index (χ2v) is 8.31. The first kappa shape index (κ1) is 15.8. The number of fused-ring (bicyclic) bond motifs is 1. The lowest BCUT2D eigenvalue weighted by atomic mass is 9.45. The first-order valence-corrected chi connectivity index (χ1v) is 8.97. The third-order valence-corrected chi connectivity index (χ3v) is 7.39. The molecule has 1 heterocycles. The van der Waals surface area contributed by atoms with Crippen LogP contribution in [0.3, 0.4) is 0 Å². The quantitative estimate of drug-likeness (QED) is 0.709. The molecule has 2 aliphatic carbocycles. The molecule has 2 nitrogen and oxygen atoms in total. The maximum absolute atomic E-state index is 11.6.